The van der Waals surface area contributed by atoms with Crippen LogP contribution in [-0.4, -0.2) is 35.7 Å². The van der Waals surface area contributed by atoms with Crippen LogP contribution in [0.3, 0.4) is 0 Å². The van der Waals surface area contributed by atoms with Gasteiger partial charge in [0.15, 0.2) is 5.78 Å². The van der Waals surface area contributed by atoms with Crippen LogP contribution in [0.25, 0.3) is 0 Å². The van der Waals surface area contributed by atoms with Crippen LogP contribution in [0.1, 0.15) is 13.8 Å². The number of carbonyl (C=O) groups excluding carboxylic acids is 1. The largest absolute Gasteiger partial charge is 0.480 e. The Labute approximate surface area is 93.8 Å². The third-order valence-electron chi connectivity index (χ3n) is 2.35. The monoisotopic (exact) mass is 219 g/mol. The van der Waals surface area contributed by atoms with E-state index in [1.54, 1.807) is 11.1 Å². The van der Waals surface area contributed by atoms with Crippen LogP contribution >= 0.6 is 0 Å². The van der Waals surface area contributed by atoms with Crippen molar-refractivity contribution in [1.82, 2.24) is 4.90 Å². The third-order valence-corrected chi connectivity index (χ3v) is 2.35. The van der Waals surface area contributed by atoms with E-state index in [-0.39, 0.29) is 11.8 Å². The van der Waals surface area contributed by atoms with E-state index in [0.717, 1.165) is 0 Å². The molecule has 5 heteroatoms. The summed E-state index contributed by atoms with van der Waals surface area (Å²) in [5, 5.41) is 0. The average molecular weight is 219 g/mol. The molecule has 0 N–H and O–H groups in total. The summed E-state index contributed by atoms with van der Waals surface area (Å²) in [4.78, 5) is 21.6. The fourth-order valence-electron chi connectivity index (χ4n) is 1.51. The molecule has 2 heterocycles. The minimum Gasteiger partial charge on any atom is -0.480 e. The van der Waals surface area contributed by atoms with Gasteiger partial charge in [-0.05, 0) is 19.9 Å². The Kier molecular flexibility index (Phi) is 2.60. The van der Waals surface area contributed by atoms with Gasteiger partial charge in [0.25, 0.3) is 0 Å². The Morgan fingerprint density at radius 2 is 2.31 bits per heavy atom. The minimum atomic E-state index is -0.0772. The molecule has 1 unspecified atom stereocenters. The maximum absolute atomic E-state index is 11.4. The summed E-state index contributed by atoms with van der Waals surface area (Å²) in [6.45, 7) is 3.45. The van der Waals surface area contributed by atoms with Gasteiger partial charge in [0.05, 0.1) is 18.7 Å². The van der Waals surface area contributed by atoms with E-state index < -0.39 is 0 Å². The van der Waals surface area contributed by atoms with Gasteiger partial charge in [0, 0.05) is 12.4 Å². The highest BCUT2D eigenvalue weighted by molar-refractivity contribution is 6.22. The average Bonchev–Trinajstić information content (AvgIpc) is 2.26. The van der Waals surface area contributed by atoms with Crippen molar-refractivity contribution < 1.29 is 9.53 Å². The van der Waals surface area contributed by atoms with E-state index in [1.807, 2.05) is 19.2 Å². The first-order chi connectivity index (χ1) is 7.61. The maximum atomic E-state index is 11.4. The Bertz CT molecular complexity index is 446. The summed E-state index contributed by atoms with van der Waals surface area (Å²) < 4.78 is 5.08. The first-order valence-electron chi connectivity index (χ1n) is 5.02. The number of Topliss-reactive ketones (excluding diaryl/α,β-unsaturated/α-hetero) is 1. The standard InChI is InChI=1S/C11H13N3O2/c1-7-4-5-14-6-9(8(2)15)10(16-3)13-11(14)12-7/h4-7H,1-3H3. The van der Waals surface area contributed by atoms with Crippen molar-refractivity contribution in [2.75, 3.05) is 7.11 Å². The summed E-state index contributed by atoms with van der Waals surface area (Å²) in [6, 6.07) is 0.0976. The summed E-state index contributed by atoms with van der Waals surface area (Å²) in [6.07, 6.45) is 5.48. The number of carbonyl (C=O) groups is 1. The Hall–Kier alpha value is -1.91. The van der Waals surface area contributed by atoms with Crippen molar-refractivity contribution in [2.24, 2.45) is 9.98 Å². The van der Waals surface area contributed by atoms with Crippen LogP contribution in [-0.2, 0) is 9.53 Å². The highest BCUT2D eigenvalue weighted by Crippen LogP contribution is 2.17. The van der Waals surface area contributed by atoms with Gasteiger partial charge in [0.2, 0.25) is 11.9 Å². The van der Waals surface area contributed by atoms with Crippen molar-refractivity contribution in [3.05, 3.63) is 24.0 Å². The zero-order valence-electron chi connectivity index (χ0n) is 9.47. The predicted octanol–water partition coefficient (Wildman–Crippen LogP) is 1.09. The van der Waals surface area contributed by atoms with E-state index in [0.29, 0.717) is 17.4 Å². The van der Waals surface area contributed by atoms with Gasteiger partial charge in [0.1, 0.15) is 0 Å². The number of fused-ring (bicyclic) bond motifs is 1. The highest BCUT2D eigenvalue weighted by Gasteiger charge is 2.24. The molecule has 0 saturated carbocycles. The number of aliphatic imine (C=N–C) groups is 2. The molecule has 0 bridgehead atoms. The van der Waals surface area contributed by atoms with Crippen molar-refractivity contribution in [3.63, 3.8) is 0 Å². The van der Waals surface area contributed by atoms with Gasteiger partial charge in [-0.1, -0.05) is 0 Å². The molecule has 0 aliphatic carbocycles. The van der Waals surface area contributed by atoms with E-state index in [1.165, 1.54) is 14.0 Å². The molecule has 16 heavy (non-hydrogen) atoms. The number of methoxy groups -OCH3 is 1. The number of hydrogen-bond donors (Lipinski definition) is 0. The lowest BCUT2D eigenvalue weighted by Gasteiger charge is -2.25. The summed E-state index contributed by atoms with van der Waals surface area (Å²) in [7, 11) is 1.49. The first-order valence-corrected chi connectivity index (χ1v) is 5.02. The number of nitrogens with zero attached hydrogens (tertiary/aromatic N) is 3. The fourth-order valence-corrected chi connectivity index (χ4v) is 1.51. The first kappa shape index (κ1) is 10.6. The van der Waals surface area contributed by atoms with Crippen LogP contribution < -0.4 is 0 Å². The molecule has 0 aromatic rings. The molecule has 2 aliphatic rings. The molecule has 0 amide bonds. The molecule has 2 aliphatic heterocycles. The van der Waals surface area contributed by atoms with Gasteiger partial charge >= 0.3 is 0 Å². The predicted molar refractivity (Wildman–Crippen MR) is 61.1 cm³/mol. The number of rotatable bonds is 1. The van der Waals surface area contributed by atoms with Gasteiger partial charge in [-0.3, -0.25) is 9.69 Å². The van der Waals surface area contributed by atoms with Gasteiger partial charge in [-0.2, -0.15) is 4.99 Å². The molecule has 5 nitrogen and oxygen atoms in total. The van der Waals surface area contributed by atoms with E-state index in [9.17, 15) is 4.79 Å². The zero-order chi connectivity index (χ0) is 11.7. The molecular weight excluding hydrogens is 206 g/mol. The number of ketones is 1. The van der Waals surface area contributed by atoms with Crippen LogP contribution in [0.2, 0.25) is 0 Å². The zero-order valence-corrected chi connectivity index (χ0v) is 9.47. The molecule has 0 aromatic heterocycles. The Morgan fingerprint density at radius 3 is 2.94 bits per heavy atom. The molecule has 0 aromatic carbocycles. The van der Waals surface area contributed by atoms with Crippen molar-refractivity contribution in [1.29, 1.82) is 0 Å². The normalized spacial score (nSPS) is 23.1. The summed E-state index contributed by atoms with van der Waals surface area (Å²) >= 11 is 0. The Morgan fingerprint density at radius 1 is 1.56 bits per heavy atom. The number of guanidine groups is 1. The molecular formula is C11H13N3O2. The van der Waals surface area contributed by atoms with E-state index in [2.05, 4.69) is 9.98 Å². The van der Waals surface area contributed by atoms with Crippen molar-refractivity contribution in [2.45, 2.75) is 19.9 Å². The molecule has 0 spiro atoms. The van der Waals surface area contributed by atoms with Gasteiger partial charge < -0.3 is 4.74 Å². The van der Waals surface area contributed by atoms with Crippen LogP contribution in [0.5, 0.6) is 0 Å². The van der Waals surface area contributed by atoms with E-state index >= 15 is 0 Å². The van der Waals surface area contributed by atoms with Crippen LogP contribution in [0.4, 0.5) is 0 Å². The molecule has 84 valence electrons. The fraction of sp³-hybridized carbons (Fsp3) is 0.364. The van der Waals surface area contributed by atoms with Crippen LogP contribution in [0.15, 0.2) is 34.0 Å². The lowest BCUT2D eigenvalue weighted by atomic mass is 10.1. The van der Waals surface area contributed by atoms with Gasteiger partial charge in [-0.15, -0.1) is 0 Å². The Balaban J connectivity index is 2.40. The molecule has 0 fully saturated rings. The van der Waals surface area contributed by atoms with Gasteiger partial charge in [-0.25, -0.2) is 4.99 Å². The molecule has 2 rings (SSSR count). The summed E-state index contributed by atoms with van der Waals surface area (Å²) in [5.74, 6) is 0.800. The lowest BCUT2D eigenvalue weighted by Crippen LogP contribution is -2.32. The van der Waals surface area contributed by atoms with Crippen molar-refractivity contribution in [3.8, 4) is 0 Å². The lowest BCUT2D eigenvalue weighted by molar-refractivity contribution is -0.113. The second-order valence-electron chi connectivity index (χ2n) is 3.64. The smallest absolute Gasteiger partial charge is 0.232 e. The second kappa shape index (κ2) is 3.92. The number of hydrogen-bond acceptors (Lipinski definition) is 5. The SMILES string of the molecule is COC1=NC2=NC(C)C=CN2C=C1C(C)=O. The maximum Gasteiger partial charge on any atom is 0.232 e. The molecule has 1 atom stereocenters. The minimum absolute atomic E-state index is 0.0772. The van der Waals surface area contributed by atoms with E-state index in [4.69, 9.17) is 4.74 Å². The summed E-state index contributed by atoms with van der Waals surface area (Å²) in [5.41, 5.74) is 0.459. The number of ether oxygens (including phenoxy) is 1. The second-order valence-corrected chi connectivity index (χ2v) is 3.64. The van der Waals surface area contributed by atoms with Crippen molar-refractivity contribution >= 4 is 17.6 Å². The highest BCUT2D eigenvalue weighted by atomic mass is 16.5. The third kappa shape index (κ3) is 1.76. The quantitative estimate of drug-likeness (QED) is 0.663. The molecule has 0 saturated heterocycles. The molecule has 0 radical (unpaired) electrons. The van der Waals surface area contributed by atoms with Crippen LogP contribution in [0, 0.1) is 0 Å². The topological polar surface area (TPSA) is 54.3 Å².